The fraction of sp³-hybridized carbons (Fsp3) is 0.381. The lowest BCUT2D eigenvalue weighted by atomic mass is 10.1. The van der Waals surface area contributed by atoms with Crippen LogP contribution in [-0.4, -0.2) is 48.4 Å². The van der Waals surface area contributed by atoms with Gasteiger partial charge in [0.05, 0.1) is 5.69 Å². The first kappa shape index (κ1) is 20.5. The highest BCUT2D eigenvalue weighted by Crippen LogP contribution is 2.36. The number of nitrogens with one attached hydrogen (secondary N) is 1. The van der Waals surface area contributed by atoms with Crippen molar-refractivity contribution in [1.82, 2.24) is 4.90 Å². The summed E-state index contributed by atoms with van der Waals surface area (Å²) < 4.78 is 11.4. The minimum absolute atomic E-state index is 0.0535. The van der Waals surface area contributed by atoms with Gasteiger partial charge in [-0.1, -0.05) is 0 Å². The largest absolute Gasteiger partial charge is 0.479 e. The summed E-state index contributed by atoms with van der Waals surface area (Å²) in [6, 6.07) is 8.18. The minimum atomic E-state index is -0.687. The Labute approximate surface area is 182 Å². The van der Waals surface area contributed by atoms with Crippen LogP contribution in [0.1, 0.15) is 36.7 Å². The Kier molecular flexibility index (Phi) is 5.80. The summed E-state index contributed by atoms with van der Waals surface area (Å²) in [5, 5.41) is 2.74. The second kappa shape index (κ2) is 8.51. The average molecular weight is 476 g/mol. The monoisotopic (exact) mass is 475 g/mol. The lowest BCUT2D eigenvalue weighted by Crippen LogP contribution is -2.50. The summed E-state index contributed by atoms with van der Waals surface area (Å²) in [5.74, 6) is -0.151. The number of carbonyl (C=O) groups excluding carboxylic acids is 3. The number of carbonyl (C=O) groups is 3. The van der Waals surface area contributed by atoms with Gasteiger partial charge in [0.1, 0.15) is 12.3 Å². The second-order valence-electron chi connectivity index (χ2n) is 7.37. The highest BCUT2D eigenvalue weighted by molar-refractivity contribution is 9.10. The van der Waals surface area contributed by atoms with Crippen LogP contribution in [0.25, 0.3) is 0 Å². The molecule has 2 aliphatic heterocycles. The summed E-state index contributed by atoms with van der Waals surface area (Å²) in [6.45, 7) is 3.04. The number of fused-ring (bicyclic) bond motifs is 1. The van der Waals surface area contributed by atoms with E-state index in [2.05, 4.69) is 21.2 Å². The van der Waals surface area contributed by atoms with Crippen LogP contribution in [0, 0.1) is 0 Å². The summed E-state index contributed by atoms with van der Waals surface area (Å²) in [7, 11) is 0. The Morgan fingerprint density at radius 1 is 1.17 bits per heavy atom. The van der Waals surface area contributed by atoms with Crippen LogP contribution in [0.3, 0.4) is 0 Å². The zero-order valence-corrected chi connectivity index (χ0v) is 18.1. The number of hydrogen-bond donors (Lipinski definition) is 1. The molecule has 1 aromatic carbocycles. The van der Waals surface area contributed by atoms with Crippen molar-refractivity contribution in [3.63, 3.8) is 0 Å². The molecule has 30 heavy (non-hydrogen) atoms. The molecule has 0 aliphatic carbocycles. The van der Waals surface area contributed by atoms with Crippen LogP contribution >= 0.6 is 15.9 Å². The standard InChI is InChI=1S/C21H22BrN3O5/c1-13-21(28)25(12-19(26)24-9-3-2-4-10-24)15-11-14(5-6-16(15)29-13)23-20(27)17-7-8-18(22)30-17/h5-8,11,13H,2-4,9-10,12H2,1H3,(H,23,27). The van der Waals surface area contributed by atoms with Gasteiger partial charge in [0.2, 0.25) is 5.91 Å². The van der Waals surface area contributed by atoms with Crippen LogP contribution in [-0.2, 0) is 9.59 Å². The van der Waals surface area contributed by atoms with Gasteiger partial charge in [-0.3, -0.25) is 19.3 Å². The normalized spacial score (nSPS) is 18.6. The van der Waals surface area contributed by atoms with Gasteiger partial charge in [0, 0.05) is 18.8 Å². The molecule has 0 bridgehead atoms. The van der Waals surface area contributed by atoms with E-state index in [-0.39, 0.29) is 24.1 Å². The third kappa shape index (κ3) is 4.21. The molecule has 0 radical (unpaired) electrons. The number of nitrogens with zero attached hydrogens (tertiary/aromatic N) is 2. The van der Waals surface area contributed by atoms with E-state index >= 15 is 0 Å². The van der Waals surface area contributed by atoms with E-state index in [9.17, 15) is 14.4 Å². The summed E-state index contributed by atoms with van der Waals surface area (Å²) in [4.78, 5) is 41.2. The van der Waals surface area contributed by atoms with E-state index in [0.717, 1.165) is 19.3 Å². The molecule has 4 rings (SSSR count). The summed E-state index contributed by atoms with van der Waals surface area (Å²) >= 11 is 3.17. The maximum Gasteiger partial charge on any atom is 0.291 e. The smallest absolute Gasteiger partial charge is 0.291 e. The number of likely N-dealkylation sites (tertiary alicyclic amines) is 1. The first-order valence-electron chi connectivity index (χ1n) is 9.89. The molecule has 2 aliphatic rings. The van der Waals surface area contributed by atoms with E-state index in [0.29, 0.717) is 34.9 Å². The molecule has 158 valence electrons. The maximum absolute atomic E-state index is 12.8. The van der Waals surface area contributed by atoms with Gasteiger partial charge < -0.3 is 19.4 Å². The lowest BCUT2D eigenvalue weighted by molar-refractivity contribution is -0.133. The highest BCUT2D eigenvalue weighted by Gasteiger charge is 2.34. The minimum Gasteiger partial charge on any atom is -0.479 e. The fourth-order valence-electron chi connectivity index (χ4n) is 3.66. The predicted molar refractivity (Wildman–Crippen MR) is 114 cm³/mol. The van der Waals surface area contributed by atoms with Crippen molar-refractivity contribution >= 4 is 45.0 Å². The molecule has 1 unspecified atom stereocenters. The number of halogens is 1. The number of anilines is 2. The molecule has 2 aromatic rings. The topological polar surface area (TPSA) is 92.1 Å². The van der Waals surface area contributed by atoms with Crippen LogP contribution < -0.4 is 15.0 Å². The first-order chi connectivity index (χ1) is 14.4. The third-order valence-corrected chi connectivity index (χ3v) is 5.65. The quantitative estimate of drug-likeness (QED) is 0.731. The molecule has 8 nitrogen and oxygen atoms in total. The number of rotatable bonds is 4. The van der Waals surface area contributed by atoms with Crippen molar-refractivity contribution in [2.75, 3.05) is 29.9 Å². The Balaban J connectivity index is 1.56. The number of benzene rings is 1. The van der Waals surface area contributed by atoms with Gasteiger partial charge >= 0.3 is 0 Å². The van der Waals surface area contributed by atoms with Crippen LogP contribution in [0.4, 0.5) is 11.4 Å². The van der Waals surface area contributed by atoms with Crippen molar-refractivity contribution in [3.05, 3.63) is 40.8 Å². The Morgan fingerprint density at radius 3 is 2.63 bits per heavy atom. The van der Waals surface area contributed by atoms with E-state index in [4.69, 9.17) is 9.15 Å². The van der Waals surface area contributed by atoms with Crippen molar-refractivity contribution in [3.8, 4) is 5.75 Å². The van der Waals surface area contributed by atoms with Crippen molar-refractivity contribution in [2.45, 2.75) is 32.3 Å². The van der Waals surface area contributed by atoms with Crippen molar-refractivity contribution in [1.29, 1.82) is 0 Å². The third-order valence-electron chi connectivity index (χ3n) is 5.22. The Morgan fingerprint density at radius 2 is 1.93 bits per heavy atom. The predicted octanol–water partition coefficient (Wildman–Crippen LogP) is 3.42. The molecule has 3 amide bonds. The van der Waals surface area contributed by atoms with E-state index in [1.54, 1.807) is 42.2 Å². The van der Waals surface area contributed by atoms with Gasteiger partial charge in [0.15, 0.2) is 16.5 Å². The molecule has 1 N–H and O–H groups in total. The number of piperidine rings is 1. The number of ether oxygens (including phenoxy) is 1. The van der Waals surface area contributed by atoms with E-state index < -0.39 is 12.0 Å². The molecular formula is C21H22BrN3O5. The Hall–Kier alpha value is -2.81. The van der Waals surface area contributed by atoms with Crippen LogP contribution in [0.5, 0.6) is 5.75 Å². The molecule has 1 aromatic heterocycles. The van der Waals surface area contributed by atoms with Gasteiger partial charge in [-0.25, -0.2) is 0 Å². The molecule has 9 heteroatoms. The molecule has 1 saturated heterocycles. The SMILES string of the molecule is CC1Oc2ccc(NC(=O)c3ccc(Br)o3)cc2N(CC(=O)N2CCCCC2)C1=O. The van der Waals surface area contributed by atoms with Gasteiger partial charge in [-0.2, -0.15) is 0 Å². The highest BCUT2D eigenvalue weighted by atomic mass is 79.9. The van der Waals surface area contributed by atoms with E-state index in [1.807, 2.05) is 0 Å². The molecule has 1 atom stereocenters. The summed E-state index contributed by atoms with van der Waals surface area (Å²) in [6.07, 6.45) is 2.40. The van der Waals surface area contributed by atoms with E-state index in [1.165, 1.54) is 4.90 Å². The molecule has 0 saturated carbocycles. The number of hydrogen-bond acceptors (Lipinski definition) is 5. The summed E-state index contributed by atoms with van der Waals surface area (Å²) in [5.41, 5.74) is 0.925. The van der Waals surface area contributed by atoms with Crippen LogP contribution in [0.15, 0.2) is 39.4 Å². The molecule has 3 heterocycles. The Bertz CT molecular complexity index is 983. The number of amides is 3. The van der Waals surface area contributed by atoms with Gasteiger partial charge in [-0.05, 0) is 72.4 Å². The van der Waals surface area contributed by atoms with Crippen molar-refractivity contribution in [2.24, 2.45) is 0 Å². The van der Waals surface area contributed by atoms with Crippen molar-refractivity contribution < 1.29 is 23.5 Å². The number of furan rings is 1. The van der Waals surface area contributed by atoms with Gasteiger partial charge in [-0.15, -0.1) is 0 Å². The molecule has 0 spiro atoms. The molecule has 1 fully saturated rings. The average Bonchev–Trinajstić information content (AvgIpc) is 3.19. The zero-order chi connectivity index (χ0) is 21.3. The van der Waals surface area contributed by atoms with Gasteiger partial charge in [0.25, 0.3) is 11.8 Å². The molecular weight excluding hydrogens is 454 g/mol. The van der Waals surface area contributed by atoms with Crippen LogP contribution in [0.2, 0.25) is 0 Å². The lowest BCUT2D eigenvalue weighted by Gasteiger charge is -2.35. The second-order valence-corrected chi connectivity index (χ2v) is 8.15. The zero-order valence-electron chi connectivity index (χ0n) is 16.5. The maximum atomic E-state index is 12.8. The first-order valence-corrected chi connectivity index (χ1v) is 10.7. The fourth-order valence-corrected chi connectivity index (χ4v) is 3.96.